The Hall–Kier alpha value is -1.30. The van der Waals surface area contributed by atoms with Crippen molar-refractivity contribution in [3.05, 3.63) is 60.3 Å². The third-order valence-corrected chi connectivity index (χ3v) is 1.87. The quantitative estimate of drug-likeness (QED) is 0.486. The molecule has 1 atom stereocenters. The molecule has 2 aliphatic carbocycles. The van der Waals surface area contributed by atoms with Crippen LogP contribution in [-0.4, -0.2) is 0 Å². The molecule has 0 N–H and O–H groups in total. The van der Waals surface area contributed by atoms with E-state index in [1.165, 1.54) is 5.57 Å². The molecule has 0 amide bonds. The van der Waals surface area contributed by atoms with Crippen LogP contribution in [0.1, 0.15) is 0 Å². The topological polar surface area (TPSA) is 0 Å². The minimum atomic E-state index is 0.464. The second-order valence-electron chi connectivity index (χ2n) is 2.63. The van der Waals surface area contributed by atoms with Crippen LogP contribution in [-0.2, 0) is 0 Å². The number of fused-ring (bicyclic) bond motifs is 1. The molecule has 0 aromatic heterocycles. The average Bonchev–Trinajstić information content (AvgIpc) is 2.28. The van der Waals surface area contributed by atoms with Crippen molar-refractivity contribution in [1.82, 2.24) is 0 Å². The van der Waals surface area contributed by atoms with Gasteiger partial charge in [0.2, 0.25) is 0 Å². The number of hydrogen-bond acceptors (Lipinski definition) is 0. The fourth-order valence-electron chi connectivity index (χ4n) is 1.27. The number of hydrogen-bond donors (Lipinski definition) is 0. The van der Waals surface area contributed by atoms with Crippen LogP contribution in [0.5, 0.6) is 0 Å². The van der Waals surface area contributed by atoms with Crippen LogP contribution in [0, 0.1) is 12.0 Å². The van der Waals surface area contributed by atoms with E-state index in [0.717, 1.165) is 0 Å². The van der Waals surface area contributed by atoms with Gasteiger partial charge in [-0.25, -0.2) is 0 Å². The van der Waals surface area contributed by atoms with Gasteiger partial charge in [0.05, 0.1) is 0 Å². The van der Waals surface area contributed by atoms with E-state index in [1.54, 1.807) is 0 Å². The van der Waals surface area contributed by atoms with E-state index < -0.39 is 0 Å². The van der Waals surface area contributed by atoms with Gasteiger partial charge in [0.25, 0.3) is 0 Å². The number of allylic oxidation sites excluding steroid dienone is 10. The van der Waals surface area contributed by atoms with Gasteiger partial charge in [0, 0.05) is 5.92 Å². The van der Waals surface area contributed by atoms with E-state index in [9.17, 15) is 0 Å². The van der Waals surface area contributed by atoms with Crippen molar-refractivity contribution in [2.24, 2.45) is 5.92 Å². The van der Waals surface area contributed by atoms with Crippen molar-refractivity contribution in [2.75, 3.05) is 0 Å². The lowest BCUT2D eigenvalue weighted by molar-refractivity contribution is 0.997. The van der Waals surface area contributed by atoms with Crippen LogP contribution in [0.25, 0.3) is 0 Å². The molecule has 0 heterocycles. The summed E-state index contributed by atoms with van der Waals surface area (Å²) in [6.45, 7) is 0. The maximum absolute atomic E-state index is 3.05. The largest absolute Gasteiger partial charge is 0.0732 e. The fraction of sp³-hybridized carbons (Fsp3) is 0.0909. The van der Waals surface area contributed by atoms with Gasteiger partial charge >= 0.3 is 0 Å². The van der Waals surface area contributed by atoms with Gasteiger partial charge in [-0.05, 0) is 11.6 Å². The van der Waals surface area contributed by atoms with E-state index in [4.69, 9.17) is 0 Å². The first-order valence-corrected chi connectivity index (χ1v) is 3.78. The maximum atomic E-state index is 3.05. The second-order valence-corrected chi connectivity index (χ2v) is 2.63. The van der Waals surface area contributed by atoms with Crippen LogP contribution in [0.15, 0.2) is 54.2 Å². The predicted molar refractivity (Wildman–Crippen MR) is 46.8 cm³/mol. The molecule has 0 saturated carbocycles. The Morgan fingerprint density at radius 1 is 1.18 bits per heavy atom. The molecule has 0 spiro atoms. The molecule has 0 heteroatoms. The van der Waals surface area contributed by atoms with Crippen molar-refractivity contribution >= 4 is 0 Å². The standard InChI is InChI=1S/C11H9/c1-2-6-10-8-4-5-9-11(10)7-3-1/h2-10H. The summed E-state index contributed by atoms with van der Waals surface area (Å²) in [4.78, 5) is 0. The second kappa shape index (κ2) is 2.75. The maximum Gasteiger partial charge on any atom is 0.0205 e. The average molecular weight is 141 g/mol. The lowest BCUT2D eigenvalue weighted by atomic mass is 9.95. The third-order valence-electron chi connectivity index (χ3n) is 1.87. The van der Waals surface area contributed by atoms with Gasteiger partial charge in [0.1, 0.15) is 0 Å². The van der Waals surface area contributed by atoms with Crippen LogP contribution in [0.3, 0.4) is 0 Å². The summed E-state index contributed by atoms with van der Waals surface area (Å²) in [5.41, 5.74) is 1.34. The van der Waals surface area contributed by atoms with E-state index in [0.29, 0.717) is 5.92 Å². The van der Waals surface area contributed by atoms with E-state index in [1.807, 2.05) is 12.2 Å². The Morgan fingerprint density at radius 2 is 2.18 bits per heavy atom. The summed E-state index contributed by atoms with van der Waals surface area (Å²) in [6, 6.07) is 0. The van der Waals surface area contributed by atoms with Crippen LogP contribution in [0.2, 0.25) is 0 Å². The highest BCUT2D eigenvalue weighted by molar-refractivity contribution is 5.40. The summed E-state index contributed by atoms with van der Waals surface area (Å²) in [6.07, 6.45) is 19.7. The third kappa shape index (κ3) is 1.25. The first-order valence-electron chi connectivity index (χ1n) is 3.78. The summed E-state index contributed by atoms with van der Waals surface area (Å²) in [5.74, 6) is 0.464. The van der Waals surface area contributed by atoms with Gasteiger partial charge in [-0.3, -0.25) is 0 Å². The molecule has 0 aromatic carbocycles. The summed E-state index contributed by atoms with van der Waals surface area (Å²) < 4.78 is 0. The Bertz CT molecular complexity index is 285. The highest BCUT2D eigenvalue weighted by atomic mass is 14.1. The Labute approximate surface area is 66.9 Å². The monoisotopic (exact) mass is 141 g/mol. The summed E-state index contributed by atoms with van der Waals surface area (Å²) >= 11 is 0. The highest BCUT2D eigenvalue weighted by Gasteiger charge is 2.06. The van der Waals surface area contributed by atoms with Crippen LogP contribution < -0.4 is 0 Å². The lowest BCUT2D eigenvalue weighted by Gasteiger charge is -2.10. The zero-order valence-electron chi connectivity index (χ0n) is 6.20. The van der Waals surface area contributed by atoms with E-state index in [2.05, 4.69) is 42.5 Å². The van der Waals surface area contributed by atoms with Crippen molar-refractivity contribution in [2.45, 2.75) is 0 Å². The number of rotatable bonds is 0. The minimum Gasteiger partial charge on any atom is -0.0732 e. The molecule has 0 saturated heterocycles. The van der Waals surface area contributed by atoms with E-state index >= 15 is 0 Å². The van der Waals surface area contributed by atoms with Crippen molar-refractivity contribution in [3.8, 4) is 0 Å². The molecule has 11 heavy (non-hydrogen) atoms. The normalized spacial score (nSPS) is 26.2. The minimum absolute atomic E-state index is 0.464. The van der Waals surface area contributed by atoms with Gasteiger partial charge in [-0.15, -0.1) is 0 Å². The Morgan fingerprint density at radius 3 is 3.18 bits per heavy atom. The molecule has 0 fully saturated rings. The molecule has 2 rings (SSSR count). The van der Waals surface area contributed by atoms with E-state index in [-0.39, 0.29) is 0 Å². The molecule has 0 bridgehead atoms. The molecule has 2 aliphatic rings. The molecule has 0 aliphatic heterocycles. The van der Waals surface area contributed by atoms with Crippen LogP contribution >= 0.6 is 0 Å². The predicted octanol–water partition coefficient (Wildman–Crippen LogP) is 2.58. The Kier molecular flexibility index (Phi) is 1.60. The molecule has 53 valence electrons. The molecule has 1 radical (unpaired) electrons. The molecular formula is C11H9. The molecular weight excluding hydrogens is 132 g/mol. The van der Waals surface area contributed by atoms with Gasteiger partial charge in [0.15, 0.2) is 0 Å². The van der Waals surface area contributed by atoms with Crippen molar-refractivity contribution in [3.63, 3.8) is 0 Å². The van der Waals surface area contributed by atoms with Crippen molar-refractivity contribution in [1.29, 1.82) is 0 Å². The molecule has 1 unspecified atom stereocenters. The van der Waals surface area contributed by atoms with Gasteiger partial charge < -0.3 is 0 Å². The molecule has 0 nitrogen and oxygen atoms in total. The first-order chi connectivity index (χ1) is 5.47. The van der Waals surface area contributed by atoms with Crippen LogP contribution in [0.4, 0.5) is 0 Å². The summed E-state index contributed by atoms with van der Waals surface area (Å²) in [7, 11) is 0. The smallest absolute Gasteiger partial charge is 0.0205 e. The Balaban J connectivity index is 2.39. The zero-order chi connectivity index (χ0) is 7.52. The van der Waals surface area contributed by atoms with Crippen molar-refractivity contribution < 1.29 is 0 Å². The SMILES string of the molecule is [C]1=CC=C2C=CC=CC2C=C1. The first kappa shape index (κ1) is 6.41. The highest BCUT2D eigenvalue weighted by Crippen LogP contribution is 2.21. The zero-order valence-corrected chi connectivity index (χ0v) is 6.20. The van der Waals surface area contributed by atoms with Gasteiger partial charge in [-0.1, -0.05) is 48.6 Å². The van der Waals surface area contributed by atoms with Gasteiger partial charge in [-0.2, -0.15) is 0 Å². The molecule has 0 aromatic rings. The fourth-order valence-corrected chi connectivity index (χ4v) is 1.27. The summed E-state index contributed by atoms with van der Waals surface area (Å²) in [5, 5.41) is 0. The lowest BCUT2D eigenvalue weighted by Crippen LogP contribution is -1.96.